The van der Waals surface area contributed by atoms with Crippen LogP contribution in [-0.4, -0.2) is 16.3 Å². The zero-order chi connectivity index (χ0) is 7.56. The summed E-state index contributed by atoms with van der Waals surface area (Å²) in [6, 6.07) is 0. The van der Waals surface area contributed by atoms with Crippen molar-refractivity contribution in [1.82, 2.24) is 9.97 Å². The fourth-order valence-corrected chi connectivity index (χ4v) is 1.06. The average Bonchev–Trinajstić information content (AvgIpc) is 1.88. The number of halogens is 1. The number of hydrogen-bond donors (Lipinski definition) is 0. The maximum atomic E-state index is 10.3. The van der Waals surface area contributed by atoms with E-state index in [0.717, 1.165) is 12.0 Å². The Morgan fingerprint density at radius 2 is 2.40 bits per heavy atom. The van der Waals surface area contributed by atoms with Crippen molar-refractivity contribution >= 4 is 28.9 Å². The van der Waals surface area contributed by atoms with Crippen LogP contribution in [0.5, 0.6) is 0 Å². The molecule has 0 spiro atoms. The Morgan fingerprint density at radius 3 is 2.90 bits per heavy atom. The summed E-state index contributed by atoms with van der Waals surface area (Å²) in [5, 5.41) is 0. The molecule has 0 N–H and O–H groups in total. The van der Waals surface area contributed by atoms with Crippen LogP contribution >= 0.6 is 22.6 Å². The summed E-state index contributed by atoms with van der Waals surface area (Å²) in [5.41, 5.74) is 1.29. The molecule has 0 aliphatic carbocycles. The molecule has 0 fully saturated rings. The Hall–Kier alpha value is -0.520. The Morgan fingerprint density at radius 1 is 1.70 bits per heavy atom. The summed E-state index contributed by atoms with van der Waals surface area (Å²) in [5.74, 6) is 0. The molecule has 0 saturated carbocycles. The smallest absolute Gasteiger partial charge is 0.190 e. The minimum Gasteiger partial charge on any atom is -0.298 e. The van der Waals surface area contributed by atoms with Gasteiger partial charge in [0.1, 0.15) is 0 Å². The van der Waals surface area contributed by atoms with Crippen molar-refractivity contribution in [2.24, 2.45) is 0 Å². The number of hydrogen-bond acceptors (Lipinski definition) is 3. The third-order valence-electron chi connectivity index (χ3n) is 1.11. The molecule has 10 heavy (non-hydrogen) atoms. The molecular weight excluding hydrogens is 243 g/mol. The number of rotatable bonds is 1. The molecule has 0 aromatic carbocycles. The molecule has 0 saturated heterocycles. The van der Waals surface area contributed by atoms with Gasteiger partial charge in [-0.1, -0.05) is 0 Å². The third-order valence-corrected chi connectivity index (χ3v) is 1.63. The van der Waals surface area contributed by atoms with Gasteiger partial charge in [0.2, 0.25) is 0 Å². The monoisotopic (exact) mass is 248 g/mol. The molecule has 1 rings (SSSR count). The van der Waals surface area contributed by atoms with Crippen molar-refractivity contribution in [3.63, 3.8) is 0 Å². The Kier molecular flexibility index (Phi) is 2.31. The molecule has 0 aliphatic heterocycles. The van der Waals surface area contributed by atoms with Crippen LogP contribution in [0.3, 0.4) is 0 Å². The Bertz CT molecular complexity index is 262. The lowest BCUT2D eigenvalue weighted by atomic mass is 10.3. The standard InChI is InChI=1S/C6H5IN2O/c1-4-5(3-10)2-8-6(7)9-4/h2-3H,1H3. The number of carbonyl (C=O) groups is 1. The van der Waals surface area contributed by atoms with Crippen molar-refractivity contribution in [2.45, 2.75) is 6.92 Å². The van der Waals surface area contributed by atoms with Crippen LogP contribution in [0.15, 0.2) is 6.20 Å². The Balaban J connectivity index is 3.19. The number of aldehydes is 1. The van der Waals surface area contributed by atoms with Gasteiger partial charge in [-0.2, -0.15) is 0 Å². The minimum absolute atomic E-state index is 0.556. The molecule has 3 nitrogen and oxygen atoms in total. The maximum absolute atomic E-state index is 10.3. The van der Waals surface area contributed by atoms with E-state index in [0.29, 0.717) is 9.39 Å². The predicted molar refractivity (Wildman–Crippen MR) is 44.9 cm³/mol. The van der Waals surface area contributed by atoms with E-state index in [2.05, 4.69) is 9.97 Å². The molecule has 0 radical (unpaired) electrons. The second kappa shape index (κ2) is 3.05. The van der Waals surface area contributed by atoms with Crippen LogP contribution in [0, 0.1) is 10.8 Å². The Labute approximate surface area is 72.0 Å². The fourth-order valence-electron chi connectivity index (χ4n) is 0.564. The first-order valence-electron chi connectivity index (χ1n) is 2.68. The van der Waals surface area contributed by atoms with E-state index in [9.17, 15) is 4.79 Å². The lowest BCUT2D eigenvalue weighted by Gasteiger charge is -1.94. The van der Waals surface area contributed by atoms with Gasteiger partial charge < -0.3 is 0 Å². The summed E-state index contributed by atoms with van der Waals surface area (Å²) in [6.07, 6.45) is 2.28. The summed E-state index contributed by atoms with van der Waals surface area (Å²) in [4.78, 5) is 18.1. The first-order valence-corrected chi connectivity index (χ1v) is 3.76. The van der Waals surface area contributed by atoms with Crippen molar-refractivity contribution in [3.05, 3.63) is 21.3 Å². The van der Waals surface area contributed by atoms with E-state index in [1.165, 1.54) is 6.20 Å². The van der Waals surface area contributed by atoms with E-state index >= 15 is 0 Å². The molecular formula is C6H5IN2O. The van der Waals surface area contributed by atoms with E-state index in [4.69, 9.17) is 0 Å². The van der Waals surface area contributed by atoms with Gasteiger partial charge >= 0.3 is 0 Å². The van der Waals surface area contributed by atoms with Crippen molar-refractivity contribution in [1.29, 1.82) is 0 Å². The first kappa shape index (κ1) is 7.59. The van der Waals surface area contributed by atoms with Crippen LogP contribution < -0.4 is 0 Å². The van der Waals surface area contributed by atoms with E-state index < -0.39 is 0 Å². The molecule has 4 heteroatoms. The van der Waals surface area contributed by atoms with Crippen LogP contribution in [0.2, 0.25) is 0 Å². The van der Waals surface area contributed by atoms with Gasteiger partial charge in [0.05, 0.1) is 11.3 Å². The third kappa shape index (κ3) is 1.50. The summed E-state index contributed by atoms with van der Waals surface area (Å²) >= 11 is 2.00. The highest BCUT2D eigenvalue weighted by atomic mass is 127. The number of nitrogens with zero attached hydrogens (tertiary/aromatic N) is 2. The zero-order valence-electron chi connectivity index (χ0n) is 5.34. The van der Waals surface area contributed by atoms with Crippen molar-refractivity contribution in [3.8, 4) is 0 Å². The second-order valence-corrected chi connectivity index (χ2v) is 2.76. The molecule has 0 aliphatic rings. The van der Waals surface area contributed by atoms with Gasteiger partial charge in [-0.15, -0.1) is 0 Å². The largest absolute Gasteiger partial charge is 0.298 e. The lowest BCUT2D eigenvalue weighted by molar-refractivity contribution is 0.112. The second-order valence-electron chi connectivity index (χ2n) is 1.80. The van der Waals surface area contributed by atoms with E-state index in [-0.39, 0.29) is 0 Å². The maximum Gasteiger partial charge on any atom is 0.190 e. The number of carbonyl (C=O) groups excluding carboxylic acids is 1. The zero-order valence-corrected chi connectivity index (χ0v) is 7.49. The average molecular weight is 248 g/mol. The highest BCUT2D eigenvalue weighted by Crippen LogP contribution is 2.01. The van der Waals surface area contributed by atoms with Crippen molar-refractivity contribution < 1.29 is 4.79 Å². The molecule has 0 bridgehead atoms. The van der Waals surface area contributed by atoms with Gasteiger partial charge in [-0.3, -0.25) is 4.79 Å². The predicted octanol–water partition coefficient (Wildman–Crippen LogP) is 1.20. The molecule has 1 aromatic rings. The highest BCUT2D eigenvalue weighted by molar-refractivity contribution is 14.1. The molecule has 0 unspecified atom stereocenters. The topological polar surface area (TPSA) is 42.9 Å². The van der Waals surface area contributed by atoms with Gasteiger partial charge in [0.25, 0.3) is 0 Å². The fraction of sp³-hybridized carbons (Fsp3) is 0.167. The molecule has 0 atom stereocenters. The van der Waals surface area contributed by atoms with Gasteiger partial charge in [-0.05, 0) is 6.92 Å². The summed E-state index contributed by atoms with van der Waals surface area (Å²) in [7, 11) is 0. The van der Waals surface area contributed by atoms with E-state index in [1.54, 1.807) is 6.92 Å². The number of aromatic nitrogens is 2. The van der Waals surface area contributed by atoms with Crippen LogP contribution in [0.1, 0.15) is 16.1 Å². The van der Waals surface area contributed by atoms with E-state index in [1.807, 2.05) is 22.6 Å². The van der Waals surface area contributed by atoms with Gasteiger partial charge in [0.15, 0.2) is 10.1 Å². The summed E-state index contributed by atoms with van der Waals surface area (Å²) in [6.45, 7) is 1.79. The lowest BCUT2D eigenvalue weighted by Crippen LogP contribution is -1.95. The van der Waals surface area contributed by atoms with Crippen LogP contribution in [-0.2, 0) is 0 Å². The number of aryl methyl sites for hydroxylation is 1. The van der Waals surface area contributed by atoms with Crippen molar-refractivity contribution in [2.75, 3.05) is 0 Å². The molecule has 0 amide bonds. The van der Waals surface area contributed by atoms with Crippen LogP contribution in [0.4, 0.5) is 0 Å². The normalized spacial score (nSPS) is 9.40. The molecule has 1 heterocycles. The summed E-state index contributed by atoms with van der Waals surface area (Å²) < 4.78 is 0.667. The molecule has 1 aromatic heterocycles. The minimum atomic E-state index is 0.556. The SMILES string of the molecule is Cc1nc(I)ncc1C=O. The molecule has 52 valence electrons. The van der Waals surface area contributed by atoms with Crippen LogP contribution in [0.25, 0.3) is 0 Å². The van der Waals surface area contributed by atoms with Gasteiger partial charge in [-0.25, -0.2) is 9.97 Å². The van der Waals surface area contributed by atoms with Gasteiger partial charge in [0, 0.05) is 28.8 Å². The first-order chi connectivity index (χ1) is 4.74. The quantitative estimate of drug-likeness (QED) is 0.426. The highest BCUT2D eigenvalue weighted by Gasteiger charge is 1.97.